The predicted octanol–water partition coefficient (Wildman–Crippen LogP) is 0.681. The first kappa shape index (κ1) is 9.23. The Hall–Kier alpha value is -0.770. The van der Waals surface area contributed by atoms with Crippen LogP contribution in [0.3, 0.4) is 0 Å². The van der Waals surface area contributed by atoms with Crippen LogP contribution in [0.25, 0.3) is 0 Å². The Morgan fingerprint density at radius 2 is 1.90 bits per heavy atom. The standard InChI is InChI=1S/C4H9N.C2H4O3/c1-2-4-5-3-1;1-5-2(3)4/h5H,1-4H2;1H3,(H,3,4). The van der Waals surface area contributed by atoms with Gasteiger partial charge in [-0.3, -0.25) is 0 Å². The maximum Gasteiger partial charge on any atom is 0.505 e. The molecule has 0 spiro atoms. The lowest BCUT2D eigenvalue weighted by Gasteiger charge is -1.79. The van der Waals surface area contributed by atoms with Crippen LogP contribution in [-0.2, 0) is 4.74 Å². The van der Waals surface area contributed by atoms with Crippen LogP contribution in [0.4, 0.5) is 4.79 Å². The van der Waals surface area contributed by atoms with E-state index in [2.05, 4.69) is 10.1 Å². The number of hydrogen-bond acceptors (Lipinski definition) is 3. The van der Waals surface area contributed by atoms with Crippen molar-refractivity contribution in [1.82, 2.24) is 5.32 Å². The summed E-state index contributed by atoms with van der Waals surface area (Å²) in [6.45, 7) is 2.50. The Morgan fingerprint density at radius 1 is 1.50 bits per heavy atom. The second-order valence-corrected chi connectivity index (χ2v) is 1.93. The van der Waals surface area contributed by atoms with Crippen molar-refractivity contribution in [1.29, 1.82) is 0 Å². The van der Waals surface area contributed by atoms with E-state index in [9.17, 15) is 0 Å². The molecule has 4 nitrogen and oxygen atoms in total. The van der Waals surface area contributed by atoms with Crippen molar-refractivity contribution in [2.24, 2.45) is 0 Å². The van der Waals surface area contributed by atoms with E-state index in [-0.39, 0.29) is 0 Å². The quantitative estimate of drug-likeness (QED) is 0.495. The zero-order valence-electron chi connectivity index (χ0n) is 6.09. The number of nitrogens with one attached hydrogen (secondary N) is 1. The number of carbonyl (C=O) groups is 1. The van der Waals surface area contributed by atoms with Crippen LogP contribution in [0.2, 0.25) is 0 Å². The molecule has 1 saturated heterocycles. The smallest absolute Gasteiger partial charge is 0.450 e. The summed E-state index contributed by atoms with van der Waals surface area (Å²) in [7, 11) is 1.10. The molecule has 10 heavy (non-hydrogen) atoms. The van der Waals surface area contributed by atoms with Crippen molar-refractivity contribution in [2.45, 2.75) is 12.8 Å². The van der Waals surface area contributed by atoms with Gasteiger partial charge in [-0.15, -0.1) is 0 Å². The van der Waals surface area contributed by atoms with Crippen LogP contribution in [0.5, 0.6) is 0 Å². The second-order valence-electron chi connectivity index (χ2n) is 1.93. The lowest BCUT2D eigenvalue weighted by atomic mass is 10.4. The first-order valence-electron chi connectivity index (χ1n) is 3.25. The van der Waals surface area contributed by atoms with E-state index in [4.69, 9.17) is 9.90 Å². The molecule has 1 heterocycles. The molecule has 60 valence electrons. The van der Waals surface area contributed by atoms with E-state index in [0.717, 1.165) is 7.11 Å². The third kappa shape index (κ3) is 7.23. The first-order valence-corrected chi connectivity index (χ1v) is 3.25. The minimum Gasteiger partial charge on any atom is -0.450 e. The molecule has 4 heteroatoms. The maximum atomic E-state index is 9.15. The zero-order chi connectivity index (χ0) is 7.82. The second kappa shape index (κ2) is 6.35. The summed E-state index contributed by atoms with van der Waals surface area (Å²) in [6.07, 6.45) is 1.53. The highest BCUT2D eigenvalue weighted by Gasteiger charge is 1.93. The van der Waals surface area contributed by atoms with Crippen molar-refractivity contribution in [3.05, 3.63) is 0 Å². The van der Waals surface area contributed by atoms with Crippen LogP contribution in [0, 0.1) is 0 Å². The van der Waals surface area contributed by atoms with Gasteiger partial charge in [-0.1, -0.05) is 0 Å². The van der Waals surface area contributed by atoms with Crippen molar-refractivity contribution in [2.75, 3.05) is 20.2 Å². The fourth-order valence-electron chi connectivity index (χ4n) is 0.625. The molecule has 1 rings (SSSR count). The number of carboxylic acid groups (broad SMARTS) is 1. The molecule has 0 saturated carbocycles. The highest BCUT2D eigenvalue weighted by Crippen LogP contribution is 1.90. The highest BCUT2D eigenvalue weighted by molar-refractivity contribution is 5.56. The molecule has 0 aliphatic carbocycles. The van der Waals surface area contributed by atoms with E-state index in [1.165, 1.54) is 25.9 Å². The summed E-state index contributed by atoms with van der Waals surface area (Å²) in [5.74, 6) is 0. The molecule has 0 amide bonds. The normalized spacial score (nSPS) is 15.3. The molecular formula is C6H13NO3. The summed E-state index contributed by atoms with van der Waals surface area (Å²) in [4.78, 5) is 9.15. The van der Waals surface area contributed by atoms with Crippen LogP contribution >= 0.6 is 0 Å². The fourth-order valence-corrected chi connectivity index (χ4v) is 0.625. The third-order valence-electron chi connectivity index (χ3n) is 1.13. The van der Waals surface area contributed by atoms with E-state index in [1.54, 1.807) is 0 Å². The van der Waals surface area contributed by atoms with E-state index < -0.39 is 6.16 Å². The van der Waals surface area contributed by atoms with Gasteiger partial charge in [0.1, 0.15) is 0 Å². The van der Waals surface area contributed by atoms with Crippen molar-refractivity contribution < 1.29 is 14.6 Å². The van der Waals surface area contributed by atoms with Crippen LogP contribution in [-0.4, -0.2) is 31.5 Å². The topological polar surface area (TPSA) is 58.6 Å². The molecule has 2 N–H and O–H groups in total. The summed E-state index contributed by atoms with van der Waals surface area (Å²) in [5, 5.41) is 10.7. The Balaban J connectivity index is 0.000000162. The van der Waals surface area contributed by atoms with Gasteiger partial charge in [-0.05, 0) is 25.9 Å². The van der Waals surface area contributed by atoms with Gasteiger partial charge in [0.25, 0.3) is 0 Å². The number of rotatable bonds is 0. The molecule has 0 aromatic rings. The monoisotopic (exact) mass is 147 g/mol. The Bertz CT molecular complexity index is 83.4. The van der Waals surface area contributed by atoms with Crippen LogP contribution < -0.4 is 5.32 Å². The summed E-state index contributed by atoms with van der Waals surface area (Å²) in [5.41, 5.74) is 0. The van der Waals surface area contributed by atoms with E-state index in [0.29, 0.717) is 0 Å². The Morgan fingerprint density at radius 3 is 2.00 bits per heavy atom. The Kier molecular flexibility index (Phi) is 5.86. The predicted molar refractivity (Wildman–Crippen MR) is 37.1 cm³/mol. The third-order valence-corrected chi connectivity index (χ3v) is 1.13. The van der Waals surface area contributed by atoms with Crippen molar-refractivity contribution in [3.63, 3.8) is 0 Å². The van der Waals surface area contributed by atoms with Gasteiger partial charge in [0, 0.05) is 0 Å². The first-order chi connectivity index (χ1) is 4.77. The molecule has 1 aliphatic heterocycles. The van der Waals surface area contributed by atoms with Crippen LogP contribution in [0.1, 0.15) is 12.8 Å². The molecule has 0 bridgehead atoms. The SMILES string of the molecule is C1CCNC1.COC(=O)O. The molecule has 0 unspecified atom stereocenters. The van der Waals surface area contributed by atoms with E-state index >= 15 is 0 Å². The van der Waals surface area contributed by atoms with E-state index in [1.807, 2.05) is 0 Å². The van der Waals surface area contributed by atoms with Gasteiger partial charge >= 0.3 is 6.16 Å². The van der Waals surface area contributed by atoms with Crippen molar-refractivity contribution in [3.8, 4) is 0 Å². The molecule has 0 radical (unpaired) electrons. The van der Waals surface area contributed by atoms with Gasteiger partial charge < -0.3 is 15.2 Å². The van der Waals surface area contributed by atoms with Crippen LogP contribution in [0.15, 0.2) is 0 Å². The van der Waals surface area contributed by atoms with Gasteiger partial charge in [-0.25, -0.2) is 4.79 Å². The minimum absolute atomic E-state index is 1.10. The molecule has 1 aliphatic rings. The minimum atomic E-state index is -1.25. The molecule has 1 fully saturated rings. The molecule has 0 aromatic heterocycles. The lowest BCUT2D eigenvalue weighted by molar-refractivity contribution is 0.114. The average Bonchev–Trinajstić information content (AvgIpc) is 2.43. The van der Waals surface area contributed by atoms with Crippen molar-refractivity contribution >= 4 is 6.16 Å². The fraction of sp³-hybridized carbons (Fsp3) is 0.833. The largest absolute Gasteiger partial charge is 0.505 e. The summed E-state index contributed by atoms with van der Waals surface area (Å²) >= 11 is 0. The number of methoxy groups -OCH3 is 1. The zero-order valence-corrected chi connectivity index (χ0v) is 6.09. The maximum absolute atomic E-state index is 9.15. The summed E-state index contributed by atoms with van der Waals surface area (Å²) in [6, 6.07) is 0. The van der Waals surface area contributed by atoms with Gasteiger partial charge in [0.05, 0.1) is 7.11 Å². The lowest BCUT2D eigenvalue weighted by Crippen LogP contribution is -2.03. The summed E-state index contributed by atoms with van der Waals surface area (Å²) < 4.78 is 3.67. The average molecular weight is 147 g/mol. The van der Waals surface area contributed by atoms with Gasteiger partial charge in [-0.2, -0.15) is 0 Å². The number of ether oxygens (including phenoxy) is 1. The van der Waals surface area contributed by atoms with Gasteiger partial charge in [0.15, 0.2) is 0 Å². The molecule has 0 atom stereocenters. The molecule has 0 aromatic carbocycles. The number of hydrogen-bond donors (Lipinski definition) is 2. The van der Waals surface area contributed by atoms with Gasteiger partial charge in [0.2, 0.25) is 0 Å². The highest BCUT2D eigenvalue weighted by atomic mass is 16.6. The Labute approximate surface area is 60.2 Å². The molecular weight excluding hydrogens is 134 g/mol.